The minimum atomic E-state index is -0.0312. The molecule has 0 spiro atoms. The van der Waals surface area contributed by atoms with Gasteiger partial charge in [-0.15, -0.1) is 0 Å². The molecule has 1 fully saturated rings. The van der Waals surface area contributed by atoms with Gasteiger partial charge in [0, 0.05) is 51.4 Å². The van der Waals surface area contributed by atoms with E-state index in [1.54, 1.807) is 0 Å². The number of nitrogens with zero attached hydrogens (tertiary/aromatic N) is 4. The molecule has 5 rings (SSSR count). The first kappa shape index (κ1) is 21.0. The van der Waals surface area contributed by atoms with Crippen molar-refractivity contribution in [2.24, 2.45) is 0 Å². The number of imidazole rings is 1. The molecule has 0 unspecified atom stereocenters. The highest BCUT2D eigenvalue weighted by atomic mass is 16.5. The first-order chi connectivity index (χ1) is 15.7. The first-order valence-electron chi connectivity index (χ1n) is 11.7. The second-order valence-electron chi connectivity index (χ2n) is 8.57. The van der Waals surface area contributed by atoms with Gasteiger partial charge in [0.05, 0.1) is 16.6 Å². The van der Waals surface area contributed by atoms with E-state index < -0.39 is 0 Å². The Morgan fingerprint density at radius 1 is 0.969 bits per heavy atom. The van der Waals surface area contributed by atoms with Crippen molar-refractivity contribution in [2.75, 3.05) is 52.4 Å². The monoisotopic (exact) mass is 433 g/mol. The molecule has 3 aromatic rings. The Labute approximate surface area is 189 Å². The maximum Gasteiger partial charge on any atom is 0.253 e. The molecule has 1 aromatic heterocycles. The number of ether oxygens (including phenoxy) is 1. The molecule has 2 aliphatic rings. The van der Waals surface area contributed by atoms with Crippen molar-refractivity contribution in [1.29, 1.82) is 0 Å². The van der Waals surface area contributed by atoms with Crippen LogP contribution < -0.4 is 10.1 Å². The van der Waals surface area contributed by atoms with Gasteiger partial charge in [-0.05, 0) is 49.4 Å². The molecule has 32 heavy (non-hydrogen) atoms. The molecule has 0 atom stereocenters. The molecule has 1 N–H and O–H groups in total. The van der Waals surface area contributed by atoms with Crippen molar-refractivity contribution in [1.82, 2.24) is 24.7 Å². The zero-order chi connectivity index (χ0) is 21.9. The molecule has 0 aliphatic carbocycles. The Hall–Kier alpha value is -2.90. The van der Waals surface area contributed by atoms with Crippen LogP contribution >= 0.6 is 0 Å². The van der Waals surface area contributed by atoms with Crippen LogP contribution in [0.15, 0.2) is 42.5 Å². The number of carbonyl (C=O) groups is 1. The molecule has 168 valence electrons. The highest BCUT2D eigenvalue weighted by Crippen LogP contribution is 2.29. The zero-order valence-corrected chi connectivity index (χ0v) is 18.7. The van der Waals surface area contributed by atoms with E-state index in [4.69, 9.17) is 9.72 Å². The van der Waals surface area contributed by atoms with Crippen molar-refractivity contribution >= 4 is 16.9 Å². The molecule has 7 heteroatoms. The fourth-order valence-corrected chi connectivity index (χ4v) is 4.73. The molecule has 3 heterocycles. The second-order valence-corrected chi connectivity index (χ2v) is 8.57. The summed E-state index contributed by atoms with van der Waals surface area (Å²) in [5, 5.41) is 2.97. The predicted molar refractivity (Wildman–Crippen MR) is 126 cm³/mol. The number of hydrogen-bond donors (Lipinski definition) is 1. The molecule has 1 saturated heterocycles. The number of carbonyl (C=O) groups excluding carboxylic acids is 1. The van der Waals surface area contributed by atoms with Gasteiger partial charge < -0.3 is 19.5 Å². The maximum absolute atomic E-state index is 12.4. The lowest BCUT2D eigenvalue weighted by Crippen LogP contribution is -2.47. The summed E-state index contributed by atoms with van der Waals surface area (Å²) in [4.78, 5) is 22.2. The van der Waals surface area contributed by atoms with E-state index in [-0.39, 0.29) is 5.91 Å². The molecule has 0 bridgehead atoms. The van der Waals surface area contributed by atoms with Gasteiger partial charge in [0.15, 0.2) is 0 Å². The van der Waals surface area contributed by atoms with Crippen LogP contribution in [0.2, 0.25) is 0 Å². The topological polar surface area (TPSA) is 62.6 Å². The van der Waals surface area contributed by atoms with Crippen molar-refractivity contribution in [3.63, 3.8) is 0 Å². The lowest BCUT2D eigenvalue weighted by Gasteiger charge is -2.34. The van der Waals surface area contributed by atoms with Crippen molar-refractivity contribution in [2.45, 2.75) is 19.9 Å². The van der Waals surface area contributed by atoms with Crippen LogP contribution in [0.4, 0.5) is 0 Å². The Morgan fingerprint density at radius 3 is 2.47 bits per heavy atom. The molecule has 0 radical (unpaired) electrons. The average molecular weight is 434 g/mol. The van der Waals surface area contributed by atoms with Crippen molar-refractivity contribution in [3.8, 4) is 17.1 Å². The molecular formula is C25H31N5O2. The maximum atomic E-state index is 12.4. The van der Waals surface area contributed by atoms with E-state index >= 15 is 0 Å². The predicted octanol–water partition coefficient (Wildman–Crippen LogP) is 2.85. The van der Waals surface area contributed by atoms with Gasteiger partial charge in [-0.2, -0.15) is 0 Å². The lowest BCUT2D eigenvalue weighted by molar-refractivity contribution is 0.0956. The molecular weight excluding hydrogens is 402 g/mol. The normalized spacial score (nSPS) is 17.3. The van der Waals surface area contributed by atoms with E-state index in [0.717, 1.165) is 60.9 Å². The second kappa shape index (κ2) is 9.30. The Morgan fingerprint density at radius 2 is 1.72 bits per heavy atom. The van der Waals surface area contributed by atoms with E-state index in [1.807, 2.05) is 30.3 Å². The fourth-order valence-electron chi connectivity index (χ4n) is 4.73. The number of amides is 1. The van der Waals surface area contributed by atoms with Gasteiger partial charge in [0.1, 0.15) is 18.2 Å². The number of nitrogens with one attached hydrogen (secondary N) is 1. The molecule has 7 nitrogen and oxygen atoms in total. The average Bonchev–Trinajstić information content (AvgIpc) is 3.10. The SMILES string of the molecule is CCCN1CCN(CCOc2ccc(-c3nc4cccc5c4n3CCNC5=O)cc2)CC1. The quantitative estimate of drug-likeness (QED) is 0.621. The molecule has 0 saturated carbocycles. The Bertz CT molecular complexity index is 1080. The van der Waals surface area contributed by atoms with Gasteiger partial charge in [0.2, 0.25) is 0 Å². The summed E-state index contributed by atoms with van der Waals surface area (Å²) in [5.41, 5.74) is 3.49. The lowest BCUT2D eigenvalue weighted by atomic mass is 10.1. The third-order valence-electron chi connectivity index (χ3n) is 6.43. The minimum absolute atomic E-state index is 0.0312. The first-order valence-corrected chi connectivity index (χ1v) is 11.7. The standard InChI is InChI=1S/C25H31N5O2/c1-2-11-28-13-15-29(16-14-28)17-18-32-20-8-6-19(7-9-20)24-27-22-5-3-4-21-23(22)30(24)12-10-26-25(21)31/h3-9H,2,10-18H2,1H3,(H,26,31). The third-order valence-corrected chi connectivity index (χ3v) is 6.43. The minimum Gasteiger partial charge on any atom is -0.492 e. The van der Waals surface area contributed by atoms with Crippen LogP contribution in [0.25, 0.3) is 22.4 Å². The van der Waals surface area contributed by atoms with Gasteiger partial charge >= 0.3 is 0 Å². The highest BCUT2D eigenvalue weighted by molar-refractivity contribution is 6.06. The van der Waals surface area contributed by atoms with Crippen LogP contribution in [0.3, 0.4) is 0 Å². The summed E-state index contributed by atoms with van der Waals surface area (Å²) < 4.78 is 8.17. The van der Waals surface area contributed by atoms with E-state index in [1.165, 1.54) is 13.0 Å². The summed E-state index contributed by atoms with van der Waals surface area (Å²) in [7, 11) is 0. The number of piperazine rings is 1. The molecule has 2 aliphatic heterocycles. The summed E-state index contributed by atoms with van der Waals surface area (Å²) >= 11 is 0. The number of rotatable bonds is 7. The van der Waals surface area contributed by atoms with Gasteiger partial charge in [0.25, 0.3) is 5.91 Å². The Balaban J connectivity index is 1.24. The van der Waals surface area contributed by atoms with Crippen molar-refractivity contribution < 1.29 is 9.53 Å². The van der Waals surface area contributed by atoms with Crippen LogP contribution in [0.1, 0.15) is 23.7 Å². The van der Waals surface area contributed by atoms with Gasteiger partial charge in [-0.3, -0.25) is 9.69 Å². The van der Waals surface area contributed by atoms with E-state index in [9.17, 15) is 4.79 Å². The number of hydrogen-bond acceptors (Lipinski definition) is 5. The molecule has 2 aromatic carbocycles. The fraction of sp³-hybridized carbons (Fsp3) is 0.440. The summed E-state index contributed by atoms with van der Waals surface area (Å²) in [6.07, 6.45) is 1.23. The largest absolute Gasteiger partial charge is 0.492 e. The Kier molecular flexibility index (Phi) is 6.10. The summed E-state index contributed by atoms with van der Waals surface area (Å²) in [5.74, 6) is 1.74. The third kappa shape index (κ3) is 4.23. The van der Waals surface area contributed by atoms with Crippen LogP contribution in [0.5, 0.6) is 5.75 Å². The summed E-state index contributed by atoms with van der Waals surface area (Å²) in [6.45, 7) is 11.0. The van der Waals surface area contributed by atoms with Gasteiger partial charge in [-0.25, -0.2) is 4.98 Å². The van der Waals surface area contributed by atoms with Crippen LogP contribution in [0, 0.1) is 0 Å². The zero-order valence-electron chi connectivity index (χ0n) is 18.7. The number of para-hydroxylation sites is 1. The van der Waals surface area contributed by atoms with Crippen molar-refractivity contribution in [3.05, 3.63) is 48.0 Å². The van der Waals surface area contributed by atoms with Crippen LogP contribution in [-0.2, 0) is 6.54 Å². The highest BCUT2D eigenvalue weighted by Gasteiger charge is 2.21. The van der Waals surface area contributed by atoms with E-state index in [2.05, 4.69) is 38.7 Å². The molecule has 1 amide bonds. The van der Waals surface area contributed by atoms with Gasteiger partial charge in [-0.1, -0.05) is 13.0 Å². The van der Waals surface area contributed by atoms with Crippen LogP contribution in [-0.4, -0.2) is 77.7 Å². The summed E-state index contributed by atoms with van der Waals surface area (Å²) in [6, 6.07) is 13.9. The number of aromatic nitrogens is 2. The van der Waals surface area contributed by atoms with E-state index in [0.29, 0.717) is 25.3 Å². The number of benzene rings is 2. The smallest absolute Gasteiger partial charge is 0.253 e.